The minimum atomic E-state index is -0.671. The van der Waals surface area contributed by atoms with Gasteiger partial charge in [0, 0.05) is 6.04 Å². The lowest BCUT2D eigenvalue weighted by atomic mass is 9.96. The van der Waals surface area contributed by atoms with Gasteiger partial charge in [-0.05, 0) is 35.7 Å². The maximum atomic E-state index is 11.8. The van der Waals surface area contributed by atoms with Crippen LogP contribution < -0.4 is 27.2 Å². The van der Waals surface area contributed by atoms with Gasteiger partial charge in [-0.2, -0.15) is 0 Å². The second kappa shape index (κ2) is 8.76. The highest BCUT2D eigenvalue weighted by Gasteiger charge is 2.21. The summed E-state index contributed by atoms with van der Waals surface area (Å²) in [6.07, 6.45) is 0. The maximum Gasteiger partial charge on any atom is 0.253 e. The second-order valence-electron chi connectivity index (χ2n) is 7.45. The second-order valence-corrected chi connectivity index (χ2v) is 7.86. The number of hydrogen-bond acceptors (Lipinski definition) is 5. The summed E-state index contributed by atoms with van der Waals surface area (Å²) in [4.78, 5) is 23.3. The van der Waals surface area contributed by atoms with E-state index in [2.05, 4.69) is 41.8 Å². The molecule has 0 bridgehead atoms. The van der Waals surface area contributed by atoms with Crippen molar-refractivity contribution in [3.8, 4) is 0 Å². The van der Waals surface area contributed by atoms with E-state index in [9.17, 15) is 9.59 Å². The van der Waals surface area contributed by atoms with Gasteiger partial charge >= 0.3 is 0 Å². The molecular formula is C25H22ClN3O2. The Balaban J connectivity index is 1.70. The first kappa shape index (κ1) is 20.8. The van der Waals surface area contributed by atoms with Crippen LogP contribution >= 0.6 is 11.6 Å². The van der Waals surface area contributed by atoms with Crippen molar-refractivity contribution in [2.24, 2.45) is 0 Å². The fourth-order valence-corrected chi connectivity index (χ4v) is 3.77. The van der Waals surface area contributed by atoms with Crippen molar-refractivity contribution in [2.45, 2.75) is 19.0 Å². The third-order valence-corrected chi connectivity index (χ3v) is 5.71. The quantitative estimate of drug-likeness (QED) is 0.369. The first-order chi connectivity index (χ1) is 15.0. The first-order valence-electron chi connectivity index (χ1n) is 9.97. The summed E-state index contributed by atoms with van der Waals surface area (Å²) in [5.41, 5.74) is 8.13. The van der Waals surface area contributed by atoms with E-state index in [1.807, 2.05) is 48.5 Å². The lowest BCUT2D eigenvalue weighted by molar-refractivity contribution is 0.516. The average molecular weight is 432 g/mol. The van der Waals surface area contributed by atoms with Crippen molar-refractivity contribution in [3.05, 3.63) is 121 Å². The zero-order valence-electron chi connectivity index (χ0n) is 16.9. The van der Waals surface area contributed by atoms with Crippen molar-refractivity contribution < 1.29 is 0 Å². The van der Waals surface area contributed by atoms with E-state index in [-0.39, 0.29) is 23.5 Å². The molecule has 0 saturated heterocycles. The Kier molecular flexibility index (Phi) is 5.89. The van der Waals surface area contributed by atoms with Gasteiger partial charge in [0.25, 0.3) is 10.9 Å². The molecule has 4 aromatic carbocycles. The summed E-state index contributed by atoms with van der Waals surface area (Å²) in [6.45, 7) is 2.12. The molecule has 0 aromatic heterocycles. The summed E-state index contributed by atoms with van der Waals surface area (Å²) in [6, 6.07) is 25.8. The molecule has 0 saturated carbocycles. The number of benzene rings is 3. The predicted molar refractivity (Wildman–Crippen MR) is 127 cm³/mol. The Labute approximate surface area is 185 Å². The van der Waals surface area contributed by atoms with Crippen molar-refractivity contribution in [3.63, 3.8) is 0 Å². The van der Waals surface area contributed by atoms with E-state index >= 15 is 0 Å². The Bertz CT molecular complexity index is 1270. The molecule has 5 nitrogen and oxygen atoms in total. The van der Waals surface area contributed by atoms with Crippen molar-refractivity contribution in [1.82, 2.24) is 5.32 Å². The predicted octanol–water partition coefficient (Wildman–Crippen LogP) is 4.70. The molecule has 0 aliphatic rings. The summed E-state index contributed by atoms with van der Waals surface area (Å²) >= 11 is 6.36. The topological polar surface area (TPSA) is 84.2 Å². The third kappa shape index (κ3) is 4.24. The number of anilines is 3. The fraction of sp³-hybridized carbons (Fsp3) is 0.120. The van der Waals surface area contributed by atoms with E-state index in [1.165, 1.54) is 5.56 Å². The van der Waals surface area contributed by atoms with Gasteiger partial charge in [0.2, 0.25) is 0 Å². The van der Waals surface area contributed by atoms with Crippen molar-refractivity contribution in [1.29, 1.82) is 0 Å². The Morgan fingerprint density at radius 1 is 0.806 bits per heavy atom. The van der Waals surface area contributed by atoms with Crippen LogP contribution in [0.15, 0.2) is 88.5 Å². The molecule has 4 N–H and O–H groups in total. The van der Waals surface area contributed by atoms with E-state index in [4.69, 9.17) is 17.3 Å². The highest BCUT2D eigenvalue weighted by molar-refractivity contribution is 6.33. The van der Waals surface area contributed by atoms with Crippen LogP contribution in [0.1, 0.15) is 35.7 Å². The van der Waals surface area contributed by atoms with Gasteiger partial charge in [-0.3, -0.25) is 14.9 Å². The van der Waals surface area contributed by atoms with Gasteiger partial charge in [-0.15, -0.1) is 0 Å². The minimum absolute atomic E-state index is 0.0677. The van der Waals surface area contributed by atoms with E-state index in [1.54, 1.807) is 6.07 Å². The molecule has 0 spiro atoms. The minimum Gasteiger partial charge on any atom is -0.394 e. The van der Waals surface area contributed by atoms with Gasteiger partial charge in [0.1, 0.15) is 11.4 Å². The monoisotopic (exact) mass is 431 g/mol. The smallest absolute Gasteiger partial charge is 0.253 e. The van der Waals surface area contributed by atoms with Crippen LogP contribution in [-0.4, -0.2) is 0 Å². The molecule has 0 fully saturated rings. The van der Waals surface area contributed by atoms with Crippen LogP contribution in [-0.2, 0) is 0 Å². The summed E-state index contributed by atoms with van der Waals surface area (Å²) < 4.78 is 0. The molecule has 0 aliphatic carbocycles. The zero-order valence-corrected chi connectivity index (χ0v) is 17.7. The molecule has 0 aliphatic heterocycles. The molecule has 31 heavy (non-hydrogen) atoms. The Morgan fingerprint density at radius 3 is 2.03 bits per heavy atom. The summed E-state index contributed by atoms with van der Waals surface area (Å²) in [5, 5.41) is 7.05. The normalized spacial score (nSPS) is 13.1. The molecule has 1 unspecified atom stereocenters. The SMILES string of the molecule is C[C@H](NC(c1ccccc1)c1ccc(Cl)c(Nc2c(N)c(=O)c2=O)c1)c1ccccc1. The highest BCUT2D eigenvalue weighted by atomic mass is 35.5. The van der Waals surface area contributed by atoms with E-state index in [0.717, 1.165) is 11.1 Å². The number of nitrogens with one attached hydrogen (secondary N) is 2. The molecule has 0 radical (unpaired) electrons. The number of rotatable bonds is 7. The van der Waals surface area contributed by atoms with Crippen LogP contribution in [0.2, 0.25) is 5.02 Å². The molecule has 4 rings (SSSR count). The first-order valence-corrected chi connectivity index (χ1v) is 10.3. The van der Waals surface area contributed by atoms with Crippen LogP contribution in [0.3, 0.4) is 0 Å². The number of halogens is 1. The molecule has 4 aromatic rings. The van der Waals surface area contributed by atoms with Crippen molar-refractivity contribution in [2.75, 3.05) is 11.1 Å². The van der Waals surface area contributed by atoms with Crippen LogP contribution in [0, 0.1) is 0 Å². The zero-order chi connectivity index (χ0) is 22.0. The molecule has 0 heterocycles. The van der Waals surface area contributed by atoms with E-state index in [0.29, 0.717) is 10.7 Å². The van der Waals surface area contributed by atoms with Crippen molar-refractivity contribution >= 4 is 28.7 Å². The summed E-state index contributed by atoms with van der Waals surface area (Å²) in [7, 11) is 0. The Morgan fingerprint density at radius 2 is 1.42 bits per heavy atom. The lowest BCUT2D eigenvalue weighted by Crippen LogP contribution is -2.36. The number of hydrogen-bond donors (Lipinski definition) is 3. The molecule has 6 heteroatoms. The van der Waals surface area contributed by atoms with Crippen LogP contribution in [0.5, 0.6) is 0 Å². The standard InChI is InChI=1S/C25H22ClN3O2/c1-15(16-8-4-2-5-9-16)28-22(17-10-6-3-7-11-17)18-12-13-19(26)20(14-18)29-23-21(27)24(30)25(23)31/h2-15,22,28-29H,27H2,1H3/t15-,22?/m0/s1. The Hall–Kier alpha value is -3.41. The molecular weight excluding hydrogens is 410 g/mol. The molecule has 2 atom stereocenters. The maximum absolute atomic E-state index is 11.8. The largest absolute Gasteiger partial charge is 0.394 e. The van der Waals surface area contributed by atoms with Crippen LogP contribution in [0.25, 0.3) is 0 Å². The average Bonchev–Trinajstić information content (AvgIpc) is 2.82. The van der Waals surface area contributed by atoms with Gasteiger partial charge < -0.3 is 11.1 Å². The van der Waals surface area contributed by atoms with Gasteiger partial charge in [-0.25, -0.2) is 0 Å². The number of nitrogen functional groups attached to an aromatic ring is 1. The fourth-order valence-electron chi connectivity index (χ4n) is 3.60. The lowest BCUT2D eigenvalue weighted by Gasteiger charge is -2.25. The van der Waals surface area contributed by atoms with Gasteiger partial charge in [0.15, 0.2) is 0 Å². The van der Waals surface area contributed by atoms with Gasteiger partial charge in [0.05, 0.1) is 16.8 Å². The van der Waals surface area contributed by atoms with E-state index < -0.39 is 10.9 Å². The van der Waals surface area contributed by atoms with Gasteiger partial charge in [-0.1, -0.05) is 78.3 Å². The number of nitrogens with two attached hydrogens (primary N) is 1. The molecule has 156 valence electrons. The summed E-state index contributed by atoms with van der Waals surface area (Å²) in [5.74, 6) is 0. The molecule has 0 amide bonds. The van der Waals surface area contributed by atoms with Crippen LogP contribution in [0.4, 0.5) is 17.1 Å². The third-order valence-electron chi connectivity index (χ3n) is 5.38. The highest BCUT2D eigenvalue weighted by Crippen LogP contribution is 2.33.